The molecular weight excluding hydrogens is 310 g/mol. The average Bonchev–Trinajstić information content (AvgIpc) is 3.27. The van der Waals surface area contributed by atoms with E-state index in [9.17, 15) is 0 Å². The van der Waals surface area contributed by atoms with Crippen molar-refractivity contribution in [2.75, 3.05) is 39.3 Å². The third-order valence-corrected chi connectivity index (χ3v) is 6.45. The summed E-state index contributed by atoms with van der Waals surface area (Å²) in [6.45, 7) is 8.08. The van der Waals surface area contributed by atoms with Gasteiger partial charge in [-0.3, -0.25) is 4.90 Å². The highest BCUT2D eigenvalue weighted by Gasteiger charge is 2.46. The monoisotopic (exact) mass is 339 g/mol. The lowest BCUT2D eigenvalue weighted by Gasteiger charge is -2.53. The maximum Gasteiger partial charge on any atom is 0.0935 e. The second-order valence-corrected chi connectivity index (χ2v) is 8.41. The summed E-state index contributed by atoms with van der Waals surface area (Å²) in [5.74, 6) is 0.756. The second kappa shape index (κ2) is 6.42. The molecule has 25 heavy (non-hydrogen) atoms. The number of benzene rings is 1. The van der Waals surface area contributed by atoms with Gasteiger partial charge in [-0.05, 0) is 62.4 Å². The number of nitrogens with one attached hydrogen (secondary N) is 1. The summed E-state index contributed by atoms with van der Waals surface area (Å²) in [5.41, 5.74) is 2.83. The minimum Gasteiger partial charge on any atom is -0.372 e. The van der Waals surface area contributed by atoms with Crippen LogP contribution in [-0.2, 0) is 11.3 Å². The third-order valence-electron chi connectivity index (χ3n) is 6.45. The number of aromatic amines is 1. The Bertz CT molecular complexity index is 718. The Morgan fingerprint density at radius 1 is 1.12 bits per heavy atom. The van der Waals surface area contributed by atoms with Crippen LogP contribution in [0.15, 0.2) is 30.5 Å². The predicted octanol–water partition coefficient (Wildman–Crippen LogP) is 3.24. The van der Waals surface area contributed by atoms with Crippen molar-refractivity contribution >= 4 is 10.9 Å². The molecule has 1 aromatic heterocycles. The minimum absolute atomic E-state index is 0.160. The minimum atomic E-state index is 0.160. The molecule has 4 heteroatoms. The van der Waals surface area contributed by atoms with Crippen LogP contribution in [0.4, 0.5) is 0 Å². The van der Waals surface area contributed by atoms with Crippen LogP contribution in [0.2, 0.25) is 0 Å². The van der Waals surface area contributed by atoms with E-state index in [0.29, 0.717) is 0 Å². The SMILES string of the molecule is c1cc(CN2CC3(CC[C@H](CN4CCCC4)CO3)C2)c2cc[nH]c2c1. The van der Waals surface area contributed by atoms with E-state index in [1.54, 1.807) is 0 Å². The smallest absolute Gasteiger partial charge is 0.0935 e. The Morgan fingerprint density at radius 3 is 2.80 bits per heavy atom. The van der Waals surface area contributed by atoms with E-state index in [1.165, 1.54) is 61.8 Å². The molecule has 3 fully saturated rings. The Hall–Kier alpha value is -1.36. The van der Waals surface area contributed by atoms with Crippen LogP contribution < -0.4 is 0 Å². The number of hydrogen-bond acceptors (Lipinski definition) is 3. The lowest BCUT2D eigenvalue weighted by molar-refractivity contribution is -0.183. The Balaban J connectivity index is 1.14. The molecule has 0 saturated carbocycles. The molecule has 3 saturated heterocycles. The molecular formula is C21H29N3O. The molecule has 1 spiro atoms. The highest BCUT2D eigenvalue weighted by atomic mass is 16.5. The molecule has 4 heterocycles. The zero-order valence-electron chi connectivity index (χ0n) is 15.0. The first-order chi connectivity index (χ1) is 12.3. The summed E-state index contributed by atoms with van der Waals surface area (Å²) in [6.07, 6.45) is 7.41. The van der Waals surface area contributed by atoms with Gasteiger partial charge in [0, 0.05) is 43.3 Å². The van der Waals surface area contributed by atoms with Crippen molar-refractivity contribution in [3.63, 3.8) is 0 Å². The second-order valence-electron chi connectivity index (χ2n) is 8.41. The summed E-state index contributed by atoms with van der Waals surface area (Å²) in [6, 6.07) is 8.76. The number of H-pyrrole nitrogens is 1. The largest absolute Gasteiger partial charge is 0.372 e. The Labute approximate surface area is 150 Å². The topological polar surface area (TPSA) is 31.5 Å². The first-order valence-corrected chi connectivity index (χ1v) is 9.93. The first-order valence-electron chi connectivity index (χ1n) is 9.93. The van der Waals surface area contributed by atoms with E-state index >= 15 is 0 Å². The van der Waals surface area contributed by atoms with E-state index in [4.69, 9.17) is 4.74 Å². The highest BCUT2D eigenvalue weighted by molar-refractivity contribution is 5.82. The van der Waals surface area contributed by atoms with Gasteiger partial charge in [0.25, 0.3) is 0 Å². The fourth-order valence-corrected chi connectivity index (χ4v) is 5.05. The zero-order chi connectivity index (χ0) is 16.7. The Morgan fingerprint density at radius 2 is 2.00 bits per heavy atom. The molecule has 0 unspecified atom stereocenters. The maximum absolute atomic E-state index is 6.39. The molecule has 3 aliphatic rings. The van der Waals surface area contributed by atoms with Gasteiger partial charge in [-0.15, -0.1) is 0 Å². The van der Waals surface area contributed by atoms with Crippen LogP contribution in [0.5, 0.6) is 0 Å². The molecule has 0 aliphatic carbocycles. The molecule has 134 valence electrons. The van der Waals surface area contributed by atoms with E-state index in [0.717, 1.165) is 32.2 Å². The number of rotatable bonds is 4. The molecule has 0 bridgehead atoms. The lowest BCUT2D eigenvalue weighted by atomic mass is 9.82. The first kappa shape index (κ1) is 15.9. The summed E-state index contributed by atoms with van der Waals surface area (Å²) in [4.78, 5) is 8.49. The van der Waals surface area contributed by atoms with Crippen LogP contribution in [0.25, 0.3) is 10.9 Å². The van der Waals surface area contributed by atoms with Crippen LogP contribution in [-0.4, -0.2) is 59.7 Å². The van der Waals surface area contributed by atoms with Crippen molar-refractivity contribution < 1.29 is 4.74 Å². The quantitative estimate of drug-likeness (QED) is 0.928. The molecule has 2 aromatic rings. The van der Waals surface area contributed by atoms with Crippen molar-refractivity contribution in [3.8, 4) is 0 Å². The van der Waals surface area contributed by atoms with Gasteiger partial charge < -0.3 is 14.6 Å². The van der Waals surface area contributed by atoms with Gasteiger partial charge in [0.15, 0.2) is 0 Å². The molecule has 0 radical (unpaired) electrons. The van der Waals surface area contributed by atoms with Gasteiger partial charge in [-0.25, -0.2) is 0 Å². The molecule has 1 aromatic carbocycles. The van der Waals surface area contributed by atoms with Crippen molar-refractivity contribution in [2.24, 2.45) is 5.92 Å². The normalized spacial score (nSPS) is 27.1. The molecule has 1 atom stereocenters. The summed E-state index contributed by atoms with van der Waals surface area (Å²) in [5, 5.41) is 1.36. The van der Waals surface area contributed by atoms with Crippen LogP contribution in [0, 0.1) is 5.92 Å². The van der Waals surface area contributed by atoms with Gasteiger partial charge in [0.1, 0.15) is 0 Å². The van der Waals surface area contributed by atoms with Gasteiger partial charge in [0.05, 0.1) is 12.2 Å². The maximum atomic E-state index is 6.39. The number of nitrogens with zero attached hydrogens (tertiary/aromatic N) is 2. The summed E-state index contributed by atoms with van der Waals surface area (Å²) in [7, 11) is 0. The van der Waals surface area contributed by atoms with Gasteiger partial charge in [-0.2, -0.15) is 0 Å². The van der Waals surface area contributed by atoms with Gasteiger partial charge >= 0.3 is 0 Å². The fraction of sp³-hybridized carbons (Fsp3) is 0.619. The molecule has 4 nitrogen and oxygen atoms in total. The predicted molar refractivity (Wildman–Crippen MR) is 101 cm³/mol. The molecule has 0 amide bonds. The van der Waals surface area contributed by atoms with E-state index in [-0.39, 0.29) is 5.60 Å². The number of ether oxygens (including phenoxy) is 1. The number of aromatic nitrogens is 1. The van der Waals surface area contributed by atoms with Crippen molar-refractivity contribution in [1.29, 1.82) is 0 Å². The lowest BCUT2D eigenvalue weighted by Crippen LogP contribution is -2.64. The number of fused-ring (bicyclic) bond motifs is 1. The Kier molecular flexibility index (Phi) is 4.07. The summed E-state index contributed by atoms with van der Waals surface area (Å²) < 4.78 is 6.39. The fourth-order valence-electron chi connectivity index (χ4n) is 5.05. The van der Waals surface area contributed by atoms with E-state index in [1.807, 2.05) is 6.20 Å². The zero-order valence-corrected chi connectivity index (χ0v) is 15.0. The molecule has 5 rings (SSSR count). The average molecular weight is 339 g/mol. The summed E-state index contributed by atoms with van der Waals surface area (Å²) >= 11 is 0. The highest BCUT2D eigenvalue weighted by Crippen LogP contribution is 2.37. The molecule has 1 N–H and O–H groups in total. The van der Waals surface area contributed by atoms with Crippen molar-refractivity contribution in [1.82, 2.24) is 14.8 Å². The third kappa shape index (κ3) is 3.12. The van der Waals surface area contributed by atoms with E-state index in [2.05, 4.69) is 39.0 Å². The van der Waals surface area contributed by atoms with Crippen molar-refractivity contribution in [3.05, 3.63) is 36.0 Å². The van der Waals surface area contributed by atoms with Gasteiger partial charge in [0.2, 0.25) is 0 Å². The van der Waals surface area contributed by atoms with Crippen LogP contribution >= 0.6 is 0 Å². The van der Waals surface area contributed by atoms with Crippen LogP contribution in [0.3, 0.4) is 0 Å². The van der Waals surface area contributed by atoms with Crippen molar-refractivity contribution in [2.45, 2.75) is 37.8 Å². The number of hydrogen-bond donors (Lipinski definition) is 1. The van der Waals surface area contributed by atoms with Crippen LogP contribution in [0.1, 0.15) is 31.2 Å². The standard InChI is InChI=1S/C21H29N3O/c1-2-11-23(10-1)12-17-6-8-21(25-14-17)15-24(16-21)13-18-4-3-5-20-19(18)7-9-22-20/h3-5,7,9,17,22H,1-2,6,8,10-16H2/t17-/m1/s1. The molecule has 3 aliphatic heterocycles. The van der Waals surface area contributed by atoms with E-state index < -0.39 is 0 Å². The number of likely N-dealkylation sites (tertiary alicyclic amines) is 2. The van der Waals surface area contributed by atoms with Gasteiger partial charge in [-0.1, -0.05) is 12.1 Å².